The molecule has 1 aliphatic heterocycles. The fourth-order valence-electron chi connectivity index (χ4n) is 3.36. The van der Waals surface area contributed by atoms with E-state index in [4.69, 9.17) is 0 Å². The van der Waals surface area contributed by atoms with E-state index in [1.54, 1.807) is 12.3 Å². The standard InChI is InChI=1S/C11H10FN3.C5H10O2.C5H10.C4H10.CH3.Sb/c1-2-8-4-3-5-9(11(8)12)14-10-6-7-13-15-10;1-3-4-5(6)7-2;1-2-4-5-3-1;1-4(2)3;;/h3,5-7H,1-2H2,(H2,13,14,15);3-4H2,1-2H3;1-5H2;4H,1-3H3;1H3;. The number of methoxy groups -OCH3 is 1. The Labute approximate surface area is 207 Å². The number of H-pyrrole nitrogens is 1. The van der Waals surface area contributed by atoms with Crippen molar-refractivity contribution in [2.45, 2.75) is 88.3 Å². The van der Waals surface area contributed by atoms with Gasteiger partial charge in [0, 0.05) is 6.42 Å². The van der Waals surface area contributed by atoms with Crippen LogP contribution in [0.4, 0.5) is 15.9 Å². The quantitative estimate of drug-likeness (QED) is 0.315. The Morgan fingerprint density at radius 3 is 2.24 bits per heavy atom. The number of ether oxygens (including phenoxy) is 1. The number of aromatic amines is 1. The Morgan fingerprint density at radius 1 is 1.18 bits per heavy atom. The number of benzene rings is 1. The molecule has 1 aliphatic carbocycles. The maximum absolute atomic E-state index is 14.3. The van der Waals surface area contributed by atoms with E-state index in [-0.39, 0.29) is 11.8 Å². The molecule has 0 saturated heterocycles. The summed E-state index contributed by atoms with van der Waals surface area (Å²) in [6, 6.07) is 5.74. The van der Waals surface area contributed by atoms with Gasteiger partial charge >= 0.3 is 113 Å². The van der Waals surface area contributed by atoms with Gasteiger partial charge < -0.3 is 4.74 Å². The molecule has 0 spiro atoms. The molecule has 5 nitrogen and oxygen atoms in total. The summed E-state index contributed by atoms with van der Waals surface area (Å²) < 4.78 is 21.2. The van der Waals surface area contributed by atoms with E-state index in [0.717, 1.165) is 30.1 Å². The molecule has 4 rings (SSSR count). The summed E-state index contributed by atoms with van der Waals surface area (Å²) in [4.78, 5) is 12.5. The van der Waals surface area contributed by atoms with E-state index in [9.17, 15) is 9.18 Å². The molecule has 186 valence electrons. The maximum atomic E-state index is 14.3. The molecule has 2 N–H and O–H groups in total. The van der Waals surface area contributed by atoms with Crippen molar-refractivity contribution in [2.24, 2.45) is 5.92 Å². The van der Waals surface area contributed by atoms with Crippen LogP contribution in [0.2, 0.25) is 9.24 Å². The van der Waals surface area contributed by atoms with Gasteiger partial charge in [0.1, 0.15) is 0 Å². The third-order valence-electron chi connectivity index (χ3n) is 5.03. The zero-order chi connectivity index (χ0) is 24.6. The molecule has 0 bridgehead atoms. The topological polar surface area (TPSA) is 67.0 Å². The number of nitrogens with one attached hydrogen (secondary N) is 2. The van der Waals surface area contributed by atoms with Gasteiger partial charge in [-0.05, 0) is 12.3 Å². The third-order valence-corrected chi connectivity index (χ3v) is 11.1. The van der Waals surface area contributed by atoms with Crippen molar-refractivity contribution < 1.29 is 13.9 Å². The van der Waals surface area contributed by atoms with Gasteiger partial charge in [-0.15, -0.1) is 0 Å². The molecule has 7 heteroatoms. The number of fused-ring (bicyclic) bond motifs is 1. The van der Waals surface area contributed by atoms with Gasteiger partial charge in [0.2, 0.25) is 0 Å². The molecule has 0 amide bonds. The predicted octanol–water partition coefficient (Wildman–Crippen LogP) is 6.75. The van der Waals surface area contributed by atoms with E-state index in [0.29, 0.717) is 12.1 Å². The number of hydrogen-bond donors (Lipinski definition) is 2. The number of nitrogens with zero attached hydrogens (tertiary/aromatic N) is 1. The van der Waals surface area contributed by atoms with Gasteiger partial charge in [-0.2, -0.15) is 0 Å². The molecule has 0 radical (unpaired) electrons. The minimum absolute atomic E-state index is 0.0778. The van der Waals surface area contributed by atoms with Crippen LogP contribution in [-0.2, 0) is 16.0 Å². The molecule has 1 aromatic heterocycles. The second-order valence-electron chi connectivity index (χ2n) is 9.02. The summed E-state index contributed by atoms with van der Waals surface area (Å²) in [5.41, 5.74) is 1.49. The van der Waals surface area contributed by atoms with Crippen molar-refractivity contribution in [1.82, 2.24) is 10.2 Å². The van der Waals surface area contributed by atoms with Crippen molar-refractivity contribution in [3.63, 3.8) is 0 Å². The van der Waals surface area contributed by atoms with Gasteiger partial charge in [0.25, 0.3) is 0 Å². The van der Waals surface area contributed by atoms with Crippen molar-refractivity contribution in [1.29, 1.82) is 0 Å². The van der Waals surface area contributed by atoms with Crippen LogP contribution >= 0.6 is 0 Å². The normalized spacial score (nSPS) is 14.2. The Kier molecular flexibility index (Phi) is 15.2. The van der Waals surface area contributed by atoms with Crippen molar-refractivity contribution in [3.05, 3.63) is 35.8 Å². The van der Waals surface area contributed by atoms with E-state index in [1.807, 2.05) is 13.0 Å². The first-order valence-electron chi connectivity index (χ1n) is 12.2. The molecule has 33 heavy (non-hydrogen) atoms. The van der Waals surface area contributed by atoms with Crippen molar-refractivity contribution in [2.75, 3.05) is 12.4 Å². The summed E-state index contributed by atoms with van der Waals surface area (Å²) in [5, 5.41) is 9.63. The van der Waals surface area contributed by atoms with Gasteiger partial charge in [-0.25, -0.2) is 0 Å². The summed E-state index contributed by atoms with van der Waals surface area (Å²) in [7, 11) is 1.40. The first-order chi connectivity index (χ1) is 15.8. The van der Waals surface area contributed by atoms with Crippen molar-refractivity contribution in [3.8, 4) is 0 Å². The minimum atomic E-state index is -1.28. The second kappa shape index (κ2) is 17.0. The fraction of sp³-hybridized carbons (Fsp3) is 0.615. The predicted molar refractivity (Wildman–Crippen MR) is 139 cm³/mol. The number of aromatic nitrogens is 2. The number of hydrogen-bond acceptors (Lipinski definition) is 4. The van der Waals surface area contributed by atoms with E-state index in [1.165, 1.54) is 47.1 Å². The number of carbonyl (C=O) groups is 1. The van der Waals surface area contributed by atoms with Crippen LogP contribution in [-0.4, -0.2) is 43.5 Å². The fourth-order valence-corrected chi connectivity index (χ4v) is 8.50. The summed E-state index contributed by atoms with van der Waals surface area (Å²) >= 11 is -1.28. The molecule has 2 aromatic rings. The number of halogens is 1. The molecular weight excluding hydrogens is 527 g/mol. The number of esters is 1. The molecule has 0 unspecified atom stereocenters. The molecular formula is C26H43FN3O2Sb. The summed E-state index contributed by atoms with van der Waals surface area (Å²) in [5.74, 6) is 1.35. The zero-order valence-corrected chi connectivity index (χ0v) is 23.9. The zero-order valence-electron chi connectivity index (χ0n) is 21.3. The van der Waals surface area contributed by atoms with Crippen LogP contribution in [0.5, 0.6) is 0 Å². The summed E-state index contributed by atoms with van der Waals surface area (Å²) in [6.45, 7) is 8.44. The Morgan fingerprint density at radius 2 is 1.79 bits per heavy atom. The number of rotatable bonds is 4. The monoisotopic (exact) mass is 569 g/mol. The van der Waals surface area contributed by atoms with Gasteiger partial charge in [-0.3, -0.25) is 4.79 Å². The Bertz CT molecular complexity index is 783. The average molecular weight is 570 g/mol. The molecule has 2 aliphatic rings. The molecule has 1 fully saturated rings. The molecule has 1 saturated carbocycles. The van der Waals surface area contributed by atoms with Crippen molar-refractivity contribution >= 4 is 41.2 Å². The molecule has 2 heterocycles. The van der Waals surface area contributed by atoms with Crippen LogP contribution in [0.1, 0.15) is 78.2 Å². The molecule has 1 aromatic carbocycles. The van der Waals surface area contributed by atoms with Crippen LogP contribution in [0.25, 0.3) is 0 Å². The van der Waals surface area contributed by atoms with Crippen LogP contribution in [0.15, 0.2) is 24.4 Å². The first kappa shape index (κ1) is 29.5. The van der Waals surface area contributed by atoms with E-state index < -0.39 is 20.2 Å². The first-order valence-corrected chi connectivity index (χ1v) is 17.8. The SMILES string of the molecule is C1CCCC1.CC(C)C.CCCC(=O)OC.[CH3][Sb]1[CH2]Cc2[c]1ccc(Nc1ccn[nH]1)c2F. The Hall–Kier alpha value is -1.55. The van der Waals surface area contributed by atoms with Gasteiger partial charge in [0.05, 0.1) is 7.11 Å². The van der Waals surface area contributed by atoms with Crippen LogP contribution in [0, 0.1) is 11.7 Å². The van der Waals surface area contributed by atoms with Gasteiger partial charge in [-0.1, -0.05) is 59.8 Å². The molecule has 0 atom stereocenters. The second-order valence-corrected chi connectivity index (χ2v) is 15.7. The van der Waals surface area contributed by atoms with E-state index in [2.05, 4.69) is 52.0 Å². The van der Waals surface area contributed by atoms with Gasteiger partial charge in [0.15, 0.2) is 0 Å². The number of carbonyl (C=O) groups excluding carboxylic acids is 1. The number of anilines is 2. The van der Waals surface area contributed by atoms with Crippen LogP contribution < -0.4 is 8.83 Å². The average Bonchev–Trinajstić information content (AvgIpc) is 3.55. The van der Waals surface area contributed by atoms with Crippen LogP contribution in [0.3, 0.4) is 0 Å². The summed E-state index contributed by atoms with van der Waals surface area (Å²) in [6.07, 6.45) is 11.5. The van der Waals surface area contributed by atoms with E-state index >= 15 is 0 Å². The third kappa shape index (κ3) is 11.9. The Balaban J connectivity index is 0.000000281.